The molecule has 0 aromatic heterocycles. The first-order chi connectivity index (χ1) is 12.4. The van der Waals surface area contributed by atoms with Crippen molar-refractivity contribution in [2.45, 2.75) is 45.6 Å². The molecule has 26 heavy (non-hydrogen) atoms. The highest BCUT2D eigenvalue weighted by atomic mass is 16.5. The Labute approximate surface area is 156 Å². The fourth-order valence-corrected chi connectivity index (χ4v) is 3.93. The van der Waals surface area contributed by atoms with E-state index in [0.717, 1.165) is 12.1 Å². The summed E-state index contributed by atoms with van der Waals surface area (Å²) < 4.78 is 5.42. The molecule has 2 aromatic carbocycles. The topological polar surface area (TPSA) is 41.6 Å². The van der Waals surface area contributed by atoms with Gasteiger partial charge in [0.25, 0.3) is 0 Å². The first-order valence-electron chi connectivity index (χ1n) is 9.24. The summed E-state index contributed by atoms with van der Waals surface area (Å²) in [6.07, 6.45) is 0.670. The van der Waals surface area contributed by atoms with Gasteiger partial charge in [-0.2, -0.15) is 0 Å². The van der Waals surface area contributed by atoms with Gasteiger partial charge < -0.3 is 9.64 Å². The van der Waals surface area contributed by atoms with Crippen LogP contribution < -0.4 is 10.2 Å². The summed E-state index contributed by atoms with van der Waals surface area (Å²) in [4.78, 5) is 14.4. The Morgan fingerprint density at radius 2 is 1.96 bits per heavy atom. The van der Waals surface area contributed by atoms with Crippen molar-refractivity contribution in [3.05, 3.63) is 59.7 Å². The largest absolute Gasteiger partial charge is 0.447 e. The molecule has 4 heteroatoms. The van der Waals surface area contributed by atoms with Crippen LogP contribution in [-0.2, 0) is 4.74 Å². The van der Waals surface area contributed by atoms with Crippen LogP contribution in [0, 0.1) is 6.92 Å². The van der Waals surface area contributed by atoms with E-state index >= 15 is 0 Å². The lowest BCUT2D eigenvalue weighted by Gasteiger charge is -2.47. The van der Waals surface area contributed by atoms with Crippen molar-refractivity contribution in [3.8, 4) is 0 Å². The zero-order valence-electron chi connectivity index (χ0n) is 16.1. The summed E-state index contributed by atoms with van der Waals surface area (Å²) in [5.41, 5.74) is 4.66. The summed E-state index contributed by atoms with van der Waals surface area (Å²) in [6, 6.07) is 16.0. The van der Waals surface area contributed by atoms with Crippen LogP contribution in [0.15, 0.2) is 48.5 Å². The normalized spacial score (nSPS) is 18.2. The van der Waals surface area contributed by atoms with Gasteiger partial charge in [-0.05, 0) is 62.4 Å². The number of nitrogens with one attached hydrogen (secondary N) is 1. The Morgan fingerprint density at radius 3 is 2.69 bits per heavy atom. The molecule has 0 radical (unpaired) electrons. The minimum atomic E-state index is -0.413. The molecule has 0 bridgehead atoms. The van der Waals surface area contributed by atoms with Gasteiger partial charge in [-0.25, -0.2) is 4.79 Å². The van der Waals surface area contributed by atoms with E-state index in [1.807, 2.05) is 30.3 Å². The number of anilines is 2. The highest BCUT2D eigenvalue weighted by molar-refractivity contribution is 5.84. The number of fused-ring (bicyclic) bond motifs is 1. The number of carbonyl (C=O) groups excluding carboxylic acids is 1. The molecule has 138 valence electrons. The van der Waals surface area contributed by atoms with E-state index in [0.29, 0.717) is 19.1 Å². The van der Waals surface area contributed by atoms with Crippen LogP contribution in [0.2, 0.25) is 0 Å². The van der Waals surface area contributed by atoms with E-state index < -0.39 is 6.09 Å². The Balaban J connectivity index is 1.66. The summed E-state index contributed by atoms with van der Waals surface area (Å²) in [5, 5.41) is 2.76. The van der Waals surface area contributed by atoms with Crippen molar-refractivity contribution >= 4 is 17.5 Å². The quantitative estimate of drug-likeness (QED) is 0.808. The SMILES string of the molecule is Cc1ccc2c(c1)N(CCOC(=O)Nc1ccccc1)C(C)(C)CC2C. The number of ether oxygens (including phenoxy) is 1. The van der Waals surface area contributed by atoms with Gasteiger partial charge in [0.2, 0.25) is 0 Å². The van der Waals surface area contributed by atoms with Crippen molar-refractivity contribution in [1.29, 1.82) is 0 Å². The minimum Gasteiger partial charge on any atom is -0.447 e. The minimum absolute atomic E-state index is 0.0273. The van der Waals surface area contributed by atoms with Crippen LogP contribution >= 0.6 is 0 Å². The maximum atomic E-state index is 12.0. The summed E-state index contributed by atoms with van der Waals surface area (Å²) in [6.45, 7) is 9.96. The summed E-state index contributed by atoms with van der Waals surface area (Å²) in [7, 11) is 0. The molecule has 2 aromatic rings. The van der Waals surface area contributed by atoms with Crippen molar-refractivity contribution < 1.29 is 9.53 Å². The van der Waals surface area contributed by atoms with Crippen LogP contribution in [-0.4, -0.2) is 24.8 Å². The van der Waals surface area contributed by atoms with Crippen LogP contribution in [0.3, 0.4) is 0 Å². The van der Waals surface area contributed by atoms with Gasteiger partial charge in [-0.1, -0.05) is 37.3 Å². The third kappa shape index (κ3) is 4.01. The van der Waals surface area contributed by atoms with Crippen LogP contribution in [0.4, 0.5) is 16.2 Å². The van der Waals surface area contributed by atoms with Crippen LogP contribution in [0.25, 0.3) is 0 Å². The molecular weight excluding hydrogens is 324 g/mol. The van der Waals surface area contributed by atoms with Gasteiger partial charge in [-0.15, -0.1) is 0 Å². The van der Waals surface area contributed by atoms with E-state index in [2.05, 4.69) is 56.1 Å². The van der Waals surface area contributed by atoms with Crippen LogP contribution in [0.5, 0.6) is 0 Å². The predicted octanol–water partition coefficient (Wildman–Crippen LogP) is 5.34. The number of rotatable bonds is 4. The smallest absolute Gasteiger partial charge is 0.411 e. The average Bonchev–Trinajstić information content (AvgIpc) is 2.58. The van der Waals surface area contributed by atoms with Gasteiger partial charge in [0.15, 0.2) is 0 Å². The molecule has 3 rings (SSSR count). The second-order valence-electron chi connectivity index (χ2n) is 7.76. The number of amides is 1. The average molecular weight is 352 g/mol. The fraction of sp³-hybridized carbons (Fsp3) is 0.409. The number of aryl methyl sites for hydroxylation is 1. The van der Waals surface area contributed by atoms with Gasteiger partial charge in [-0.3, -0.25) is 5.32 Å². The standard InChI is InChI=1S/C22H28N2O2/c1-16-10-11-19-17(2)15-22(3,4)24(20(19)14-16)12-13-26-21(25)23-18-8-6-5-7-9-18/h5-11,14,17H,12-13,15H2,1-4H3,(H,23,25). The Morgan fingerprint density at radius 1 is 1.23 bits per heavy atom. The first-order valence-corrected chi connectivity index (χ1v) is 9.24. The van der Waals surface area contributed by atoms with Crippen LogP contribution in [0.1, 0.15) is 44.2 Å². The molecule has 1 aliphatic heterocycles. The molecule has 0 saturated heterocycles. The number of benzene rings is 2. The van der Waals surface area contributed by atoms with E-state index in [-0.39, 0.29) is 5.54 Å². The Kier molecular flexibility index (Phi) is 5.21. The molecule has 0 aliphatic carbocycles. The second kappa shape index (κ2) is 7.40. The lowest BCUT2D eigenvalue weighted by atomic mass is 9.80. The fourth-order valence-electron chi connectivity index (χ4n) is 3.93. The number of hydrogen-bond donors (Lipinski definition) is 1. The highest BCUT2D eigenvalue weighted by Crippen LogP contribution is 2.43. The van der Waals surface area contributed by atoms with Crippen molar-refractivity contribution in [2.75, 3.05) is 23.4 Å². The Hall–Kier alpha value is -2.49. The van der Waals surface area contributed by atoms with E-state index in [1.165, 1.54) is 16.8 Å². The molecule has 1 N–H and O–H groups in total. The highest BCUT2D eigenvalue weighted by Gasteiger charge is 2.36. The Bertz CT molecular complexity index is 771. The molecule has 0 spiro atoms. The zero-order chi connectivity index (χ0) is 18.7. The van der Waals surface area contributed by atoms with E-state index in [1.54, 1.807) is 0 Å². The number of hydrogen-bond acceptors (Lipinski definition) is 3. The monoisotopic (exact) mass is 352 g/mol. The number of para-hydroxylation sites is 1. The van der Waals surface area contributed by atoms with Gasteiger partial charge in [0.05, 0.1) is 6.54 Å². The molecule has 1 atom stereocenters. The zero-order valence-corrected chi connectivity index (χ0v) is 16.1. The molecule has 1 unspecified atom stereocenters. The summed E-state index contributed by atoms with van der Waals surface area (Å²) >= 11 is 0. The number of nitrogens with zero attached hydrogens (tertiary/aromatic N) is 1. The first kappa shape index (κ1) is 18.3. The van der Waals surface area contributed by atoms with E-state index in [9.17, 15) is 4.79 Å². The maximum absolute atomic E-state index is 12.0. The molecule has 1 heterocycles. The maximum Gasteiger partial charge on any atom is 0.411 e. The van der Waals surface area contributed by atoms with Crippen molar-refractivity contribution in [2.24, 2.45) is 0 Å². The molecular formula is C22H28N2O2. The van der Waals surface area contributed by atoms with E-state index in [4.69, 9.17) is 4.74 Å². The third-order valence-electron chi connectivity index (χ3n) is 5.11. The molecule has 0 fully saturated rings. The molecule has 0 saturated carbocycles. The molecule has 4 nitrogen and oxygen atoms in total. The van der Waals surface area contributed by atoms with Crippen molar-refractivity contribution in [1.82, 2.24) is 0 Å². The number of carbonyl (C=O) groups is 1. The van der Waals surface area contributed by atoms with Gasteiger partial charge in [0, 0.05) is 16.9 Å². The van der Waals surface area contributed by atoms with Gasteiger partial charge >= 0.3 is 6.09 Å². The van der Waals surface area contributed by atoms with Gasteiger partial charge in [0.1, 0.15) is 6.61 Å². The second-order valence-corrected chi connectivity index (χ2v) is 7.76. The summed E-state index contributed by atoms with van der Waals surface area (Å²) in [5.74, 6) is 0.527. The lowest BCUT2D eigenvalue weighted by molar-refractivity contribution is 0.161. The molecule has 1 amide bonds. The third-order valence-corrected chi connectivity index (χ3v) is 5.11. The molecule has 1 aliphatic rings. The van der Waals surface area contributed by atoms with Crippen molar-refractivity contribution in [3.63, 3.8) is 0 Å². The lowest BCUT2D eigenvalue weighted by Crippen LogP contribution is -2.50. The predicted molar refractivity (Wildman–Crippen MR) is 107 cm³/mol.